The Morgan fingerprint density at radius 1 is 1.21 bits per heavy atom. The highest BCUT2D eigenvalue weighted by Crippen LogP contribution is 2.09. The molecule has 84 valence electrons. The van der Waals surface area contributed by atoms with Gasteiger partial charge in [0.25, 0.3) is 0 Å². The molecule has 0 saturated carbocycles. The van der Waals surface area contributed by atoms with Crippen LogP contribution in [0.2, 0.25) is 0 Å². The van der Waals surface area contributed by atoms with E-state index in [1.807, 2.05) is 0 Å². The van der Waals surface area contributed by atoms with Crippen LogP contribution in [0.3, 0.4) is 0 Å². The van der Waals surface area contributed by atoms with Gasteiger partial charge < -0.3 is 14.8 Å². The van der Waals surface area contributed by atoms with Crippen LogP contribution in [0.25, 0.3) is 0 Å². The molecule has 1 heterocycles. The van der Waals surface area contributed by atoms with E-state index in [4.69, 9.17) is 9.47 Å². The summed E-state index contributed by atoms with van der Waals surface area (Å²) in [4.78, 5) is 0. The maximum atomic E-state index is 5.52. The van der Waals surface area contributed by atoms with Crippen LogP contribution in [0.4, 0.5) is 0 Å². The first-order valence-electron chi connectivity index (χ1n) is 5.73. The molecular formula is C11H23NO2. The molecule has 3 heteroatoms. The summed E-state index contributed by atoms with van der Waals surface area (Å²) in [5, 5.41) is 3.52. The molecule has 0 radical (unpaired) electrons. The molecule has 1 atom stereocenters. The van der Waals surface area contributed by atoms with Crippen LogP contribution in [0.15, 0.2) is 0 Å². The molecule has 0 aromatic carbocycles. The average molecular weight is 201 g/mol. The molecule has 3 nitrogen and oxygen atoms in total. The van der Waals surface area contributed by atoms with Gasteiger partial charge in [-0.05, 0) is 32.2 Å². The number of methoxy groups -OCH3 is 1. The minimum absolute atomic E-state index is 0.700. The van der Waals surface area contributed by atoms with Gasteiger partial charge in [0.15, 0.2) is 0 Å². The van der Waals surface area contributed by atoms with E-state index in [0.29, 0.717) is 6.04 Å². The summed E-state index contributed by atoms with van der Waals surface area (Å²) in [7, 11) is 1.73. The number of piperidine rings is 1. The number of hydrogen-bond acceptors (Lipinski definition) is 3. The molecule has 0 bridgehead atoms. The van der Waals surface area contributed by atoms with Crippen LogP contribution in [-0.2, 0) is 9.47 Å². The van der Waals surface area contributed by atoms with E-state index < -0.39 is 0 Å². The van der Waals surface area contributed by atoms with E-state index in [1.165, 1.54) is 25.8 Å². The van der Waals surface area contributed by atoms with Crippen LogP contribution < -0.4 is 5.32 Å². The molecule has 14 heavy (non-hydrogen) atoms. The van der Waals surface area contributed by atoms with Crippen molar-refractivity contribution in [3.05, 3.63) is 0 Å². The molecule has 0 spiro atoms. The lowest BCUT2D eigenvalue weighted by atomic mass is 10.0. The second kappa shape index (κ2) is 8.21. The summed E-state index contributed by atoms with van der Waals surface area (Å²) in [6.07, 6.45) is 6.20. The highest BCUT2D eigenvalue weighted by Gasteiger charge is 2.11. The molecule has 0 aromatic heterocycles. The van der Waals surface area contributed by atoms with Crippen molar-refractivity contribution >= 4 is 0 Å². The van der Waals surface area contributed by atoms with Crippen molar-refractivity contribution in [2.24, 2.45) is 0 Å². The number of ether oxygens (including phenoxy) is 2. The maximum absolute atomic E-state index is 5.52. The summed E-state index contributed by atoms with van der Waals surface area (Å²) < 4.78 is 10.5. The first-order chi connectivity index (χ1) is 6.93. The number of rotatable bonds is 7. The Bertz CT molecular complexity index is 124. The van der Waals surface area contributed by atoms with Gasteiger partial charge in [0.1, 0.15) is 0 Å². The summed E-state index contributed by atoms with van der Waals surface area (Å²) >= 11 is 0. The molecule has 1 N–H and O–H groups in total. The van der Waals surface area contributed by atoms with E-state index in [2.05, 4.69) is 5.32 Å². The van der Waals surface area contributed by atoms with Gasteiger partial charge in [0.05, 0.1) is 0 Å². The Kier molecular flexibility index (Phi) is 7.01. The van der Waals surface area contributed by atoms with Crippen molar-refractivity contribution in [1.29, 1.82) is 0 Å². The van der Waals surface area contributed by atoms with Gasteiger partial charge >= 0.3 is 0 Å². The van der Waals surface area contributed by atoms with Crippen molar-refractivity contribution in [1.82, 2.24) is 5.32 Å². The van der Waals surface area contributed by atoms with E-state index in [1.54, 1.807) is 7.11 Å². The second-order valence-corrected chi connectivity index (χ2v) is 3.89. The maximum Gasteiger partial charge on any atom is 0.0487 e. The Balaban J connectivity index is 1.82. The lowest BCUT2D eigenvalue weighted by Gasteiger charge is -2.23. The van der Waals surface area contributed by atoms with Gasteiger partial charge in [-0.25, -0.2) is 0 Å². The zero-order valence-corrected chi connectivity index (χ0v) is 9.26. The van der Waals surface area contributed by atoms with Crippen LogP contribution in [-0.4, -0.2) is 39.5 Å². The molecule has 0 aromatic rings. The zero-order valence-electron chi connectivity index (χ0n) is 9.26. The fourth-order valence-corrected chi connectivity index (χ4v) is 1.80. The van der Waals surface area contributed by atoms with E-state index in [-0.39, 0.29) is 0 Å². The molecule has 1 aliphatic heterocycles. The lowest BCUT2D eigenvalue weighted by molar-refractivity contribution is 0.0946. The molecule has 1 unspecified atom stereocenters. The van der Waals surface area contributed by atoms with Crippen LogP contribution in [0.1, 0.15) is 32.1 Å². The van der Waals surface area contributed by atoms with Crippen molar-refractivity contribution < 1.29 is 9.47 Å². The van der Waals surface area contributed by atoms with Gasteiger partial charge in [-0.3, -0.25) is 0 Å². The predicted octanol–water partition coefficient (Wildman–Crippen LogP) is 1.57. The fraction of sp³-hybridized carbons (Fsp3) is 1.00. The van der Waals surface area contributed by atoms with Crippen molar-refractivity contribution in [2.45, 2.75) is 38.1 Å². The van der Waals surface area contributed by atoms with E-state index in [0.717, 1.165) is 32.7 Å². The zero-order chi connectivity index (χ0) is 10.1. The minimum atomic E-state index is 0.700. The van der Waals surface area contributed by atoms with Crippen LogP contribution in [0, 0.1) is 0 Å². The first kappa shape index (κ1) is 12.0. The lowest BCUT2D eigenvalue weighted by Crippen LogP contribution is -2.34. The molecule has 1 rings (SSSR count). The van der Waals surface area contributed by atoms with Crippen molar-refractivity contribution in [3.8, 4) is 0 Å². The third kappa shape index (κ3) is 5.58. The average Bonchev–Trinajstić information content (AvgIpc) is 2.25. The van der Waals surface area contributed by atoms with E-state index >= 15 is 0 Å². The minimum Gasteiger partial charge on any atom is -0.385 e. The Hall–Kier alpha value is -0.120. The van der Waals surface area contributed by atoms with Crippen LogP contribution >= 0.6 is 0 Å². The van der Waals surface area contributed by atoms with Gasteiger partial charge in [-0.2, -0.15) is 0 Å². The smallest absolute Gasteiger partial charge is 0.0487 e. The van der Waals surface area contributed by atoms with Crippen molar-refractivity contribution in [3.63, 3.8) is 0 Å². The van der Waals surface area contributed by atoms with Gasteiger partial charge in [-0.15, -0.1) is 0 Å². The third-order valence-corrected chi connectivity index (χ3v) is 2.66. The van der Waals surface area contributed by atoms with Crippen LogP contribution in [0.5, 0.6) is 0 Å². The Morgan fingerprint density at radius 3 is 2.86 bits per heavy atom. The van der Waals surface area contributed by atoms with E-state index in [9.17, 15) is 0 Å². The Morgan fingerprint density at radius 2 is 2.14 bits per heavy atom. The van der Waals surface area contributed by atoms with Gasteiger partial charge in [0, 0.05) is 33.0 Å². The fourth-order valence-electron chi connectivity index (χ4n) is 1.80. The van der Waals surface area contributed by atoms with Crippen molar-refractivity contribution in [2.75, 3.05) is 33.5 Å². The molecule has 1 fully saturated rings. The summed E-state index contributed by atoms with van der Waals surface area (Å²) in [5.74, 6) is 0. The first-order valence-corrected chi connectivity index (χ1v) is 5.73. The molecule has 0 amide bonds. The highest BCUT2D eigenvalue weighted by molar-refractivity contribution is 4.71. The normalized spacial score (nSPS) is 22.5. The predicted molar refractivity (Wildman–Crippen MR) is 57.6 cm³/mol. The number of hydrogen-bond donors (Lipinski definition) is 1. The molecular weight excluding hydrogens is 178 g/mol. The molecule has 1 aliphatic rings. The second-order valence-electron chi connectivity index (χ2n) is 3.89. The summed E-state index contributed by atoms with van der Waals surface area (Å²) in [6.45, 7) is 3.72. The summed E-state index contributed by atoms with van der Waals surface area (Å²) in [6, 6.07) is 0.700. The largest absolute Gasteiger partial charge is 0.385 e. The highest BCUT2D eigenvalue weighted by atomic mass is 16.5. The molecule has 0 aliphatic carbocycles. The monoisotopic (exact) mass is 201 g/mol. The van der Waals surface area contributed by atoms with Gasteiger partial charge in [0.2, 0.25) is 0 Å². The number of nitrogens with one attached hydrogen (secondary N) is 1. The Labute approximate surface area is 87.2 Å². The summed E-state index contributed by atoms with van der Waals surface area (Å²) in [5.41, 5.74) is 0. The SMILES string of the molecule is COCCCOCCC1CCCCN1. The topological polar surface area (TPSA) is 30.5 Å². The van der Waals surface area contributed by atoms with Gasteiger partial charge in [-0.1, -0.05) is 6.42 Å². The third-order valence-electron chi connectivity index (χ3n) is 2.66. The molecule has 1 saturated heterocycles. The standard InChI is InChI=1S/C11H23NO2/c1-13-8-4-9-14-10-6-11-5-2-3-7-12-11/h11-12H,2-10H2,1H3. The quantitative estimate of drug-likeness (QED) is 0.634.